The van der Waals surface area contributed by atoms with Crippen molar-refractivity contribution < 1.29 is 14.3 Å². The molecule has 4 heteroatoms. The first-order valence-electron chi connectivity index (χ1n) is 6.55. The summed E-state index contributed by atoms with van der Waals surface area (Å²) in [5.41, 5.74) is 2.48. The third-order valence-corrected chi connectivity index (χ3v) is 3.53. The van der Waals surface area contributed by atoms with Gasteiger partial charge < -0.3 is 9.67 Å². The summed E-state index contributed by atoms with van der Waals surface area (Å²) < 4.78 is 16.3. The molecule has 0 fully saturated rings. The minimum Gasteiger partial charge on any atom is -0.478 e. The smallest absolute Gasteiger partial charge is 0.337 e. The van der Waals surface area contributed by atoms with Crippen LogP contribution in [0.1, 0.15) is 47.1 Å². The van der Waals surface area contributed by atoms with Crippen molar-refractivity contribution in [2.45, 2.75) is 33.6 Å². The standard InChI is InChI=1S/C16H18FNO2/c1-9(2)12-6-5-7-14(15(12)17)18-10(3)8-13(11(18)4)16(19)20/h5-9H,1-4H3,(H,19,20). The van der Waals surface area contributed by atoms with E-state index in [-0.39, 0.29) is 17.3 Å². The fourth-order valence-corrected chi connectivity index (χ4v) is 2.51. The second-order valence-electron chi connectivity index (χ2n) is 5.26. The van der Waals surface area contributed by atoms with Crippen molar-refractivity contribution in [1.29, 1.82) is 0 Å². The van der Waals surface area contributed by atoms with Crippen molar-refractivity contribution >= 4 is 5.97 Å². The Hall–Kier alpha value is -2.10. The number of rotatable bonds is 3. The molecule has 0 aliphatic heterocycles. The van der Waals surface area contributed by atoms with Gasteiger partial charge in [-0.15, -0.1) is 0 Å². The maximum Gasteiger partial charge on any atom is 0.337 e. The number of nitrogens with zero attached hydrogens (tertiary/aromatic N) is 1. The van der Waals surface area contributed by atoms with Crippen molar-refractivity contribution in [3.63, 3.8) is 0 Å². The van der Waals surface area contributed by atoms with E-state index >= 15 is 0 Å². The van der Waals surface area contributed by atoms with Crippen LogP contribution in [0.15, 0.2) is 24.3 Å². The maximum atomic E-state index is 14.6. The van der Waals surface area contributed by atoms with Gasteiger partial charge in [-0.25, -0.2) is 9.18 Å². The molecule has 0 bridgehead atoms. The van der Waals surface area contributed by atoms with Gasteiger partial charge in [-0.1, -0.05) is 26.0 Å². The zero-order chi connectivity index (χ0) is 15.0. The van der Waals surface area contributed by atoms with E-state index in [9.17, 15) is 9.18 Å². The predicted molar refractivity (Wildman–Crippen MR) is 76.2 cm³/mol. The summed E-state index contributed by atoms with van der Waals surface area (Å²) in [6.07, 6.45) is 0. The Kier molecular flexibility index (Phi) is 3.66. The first-order valence-corrected chi connectivity index (χ1v) is 6.55. The fraction of sp³-hybridized carbons (Fsp3) is 0.312. The van der Waals surface area contributed by atoms with Gasteiger partial charge in [-0.2, -0.15) is 0 Å². The van der Waals surface area contributed by atoms with Crippen LogP contribution in [0.5, 0.6) is 0 Å². The first kappa shape index (κ1) is 14.3. The highest BCUT2D eigenvalue weighted by atomic mass is 19.1. The zero-order valence-corrected chi connectivity index (χ0v) is 12.1. The third-order valence-electron chi connectivity index (χ3n) is 3.53. The summed E-state index contributed by atoms with van der Waals surface area (Å²) in [6.45, 7) is 7.33. The monoisotopic (exact) mass is 275 g/mol. The number of aryl methyl sites for hydroxylation is 1. The molecule has 0 atom stereocenters. The average Bonchev–Trinajstić information content (AvgIpc) is 2.65. The molecule has 0 aliphatic rings. The number of hydrogen-bond donors (Lipinski definition) is 1. The lowest BCUT2D eigenvalue weighted by atomic mass is 10.0. The molecule has 0 amide bonds. The van der Waals surface area contributed by atoms with E-state index in [1.165, 1.54) is 0 Å². The number of carboxylic acid groups (broad SMARTS) is 1. The third kappa shape index (κ3) is 2.22. The molecule has 0 aliphatic carbocycles. The van der Waals surface area contributed by atoms with Gasteiger partial charge in [0, 0.05) is 11.4 Å². The minimum atomic E-state index is -0.996. The van der Waals surface area contributed by atoms with Gasteiger partial charge in [-0.05, 0) is 37.5 Å². The Balaban J connectivity index is 2.70. The molecule has 0 unspecified atom stereocenters. The van der Waals surface area contributed by atoms with Gasteiger partial charge in [0.25, 0.3) is 0 Å². The highest BCUT2D eigenvalue weighted by Crippen LogP contribution is 2.27. The average molecular weight is 275 g/mol. The van der Waals surface area contributed by atoms with Gasteiger partial charge in [0.15, 0.2) is 5.82 Å². The Morgan fingerprint density at radius 2 is 1.95 bits per heavy atom. The number of aromatic carboxylic acids is 1. The van der Waals surface area contributed by atoms with E-state index in [1.54, 1.807) is 42.7 Å². The molecule has 0 spiro atoms. The van der Waals surface area contributed by atoms with Crippen molar-refractivity contribution in [1.82, 2.24) is 4.57 Å². The number of carboxylic acids is 1. The minimum absolute atomic E-state index is 0.0741. The molecule has 1 aromatic heterocycles. The summed E-state index contributed by atoms with van der Waals surface area (Å²) in [5.74, 6) is -1.21. The molecule has 1 aromatic carbocycles. The molecule has 20 heavy (non-hydrogen) atoms. The van der Waals surface area contributed by atoms with Gasteiger partial charge >= 0.3 is 5.97 Å². The van der Waals surface area contributed by atoms with Crippen LogP contribution < -0.4 is 0 Å². The number of hydrogen-bond acceptors (Lipinski definition) is 1. The molecular formula is C16H18FNO2. The van der Waals surface area contributed by atoms with Gasteiger partial charge in [-0.3, -0.25) is 0 Å². The fourth-order valence-electron chi connectivity index (χ4n) is 2.51. The number of aromatic nitrogens is 1. The summed E-state index contributed by atoms with van der Waals surface area (Å²) >= 11 is 0. The van der Waals surface area contributed by atoms with E-state index in [0.29, 0.717) is 22.6 Å². The molecule has 0 radical (unpaired) electrons. The van der Waals surface area contributed by atoms with Crippen LogP contribution in [0, 0.1) is 19.7 Å². The molecule has 2 aromatic rings. The quantitative estimate of drug-likeness (QED) is 0.918. The topological polar surface area (TPSA) is 42.2 Å². The van der Waals surface area contributed by atoms with Crippen LogP contribution in [-0.4, -0.2) is 15.6 Å². The van der Waals surface area contributed by atoms with Crippen LogP contribution >= 0.6 is 0 Å². The van der Waals surface area contributed by atoms with Crippen LogP contribution in [0.4, 0.5) is 4.39 Å². The molecule has 1 N–H and O–H groups in total. The number of carbonyl (C=O) groups is 1. The summed E-state index contributed by atoms with van der Waals surface area (Å²) in [4.78, 5) is 11.2. The number of halogens is 1. The largest absolute Gasteiger partial charge is 0.478 e. The highest BCUT2D eigenvalue weighted by molar-refractivity contribution is 5.89. The van der Waals surface area contributed by atoms with Crippen molar-refractivity contribution in [2.75, 3.05) is 0 Å². The normalized spacial score (nSPS) is 11.1. The van der Waals surface area contributed by atoms with Crippen LogP contribution in [0.25, 0.3) is 5.69 Å². The van der Waals surface area contributed by atoms with Gasteiger partial charge in [0.2, 0.25) is 0 Å². The summed E-state index contributed by atoms with van der Waals surface area (Å²) in [7, 11) is 0. The number of benzene rings is 1. The maximum absolute atomic E-state index is 14.6. The van der Waals surface area contributed by atoms with E-state index in [0.717, 1.165) is 0 Å². The zero-order valence-electron chi connectivity index (χ0n) is 12.1. The second-order valence-corrected chi connectivity index (χ2v) is 5.26. The molecule has 3 nitrogen and oxygen atoms in total. The van der Waals surface area contributed by atoms with Gasteiger partial charge in [0.1, 0.15) is 0 Å². The van der Waals surface area contributed by atoms with E-state index < -0.39 is 5.97 Å². The Bertz CT molecular complexity index is 671. The van der Waals surface area contributed by atoms with Crippen molar-refractivity contribution in [3.05, 3.63) is 52.6 Å². The van der Waals surface area contributed by atoms with Crippen molar-refractivity contribution in [2.24, 2.45) is 0 Å². The van der Waals surface area contributed by atoms with E-state index in [4.69, 9.17) is 5.11 Å². The van der Waals surface area contributed by atoms with Crippen LogP contribution in [0.3, 0.4) is 0 Å². The second kappa shape index (κ2) is 5.12. The molecule has 0 saturated carbocycles. The first-order chi connectivity index (χ1) is 9.34. The van der Waals surface area contributed by atoms with Crippen molar-refractivity contribution in [3.8, 4) is 5.69 Å². The predicted octanol–water partition coefficient (Wildman–Crippen LogP) is 4.05. The Labute approximate surface area is 117 Å². The lowest BCUT2D eigenvalue weighted by molar-refractivity contribution is 0.0696. The summed E-state index contributed by atoms with van der Waals surface area (Å²) in [5, 5.41) is 9.16. The SMILES string of the molecule is Cc1cc(C(=O)O)c(C)n1-c1cccc(C(C)C)c1F. The van der Waals surface area contributed by atoms with Crippen LogP contribution in [0.2, 0.25) is 0 Å². The molecule has 2 rings (SSSR count). The highest BCUT2D eigenvalue weighted by Gasteiger charge is 2.19. The molecule has 1 heterocycles. The molecular weight excluding hydrogens is 257 g/mol. The summed E-state index contributed by atoms with van der Waals surface area (Å²) in [6, 6.07) is 6.80. The van der Waals surface area contributed by atoms with Gasteiger partial charge in [0.05, 0.1) is 11.3 Å². The van der Waals surface area contributed by atoms with E-state index in [2.05, 4.69) is 0 Å². The lowest BCUT2D eigenvalue weighted by Gasteiger charge is -2.15. The molecule has 106 valence electrons. The Morgan fingerprint density at radius 1 is 1.30 bits per heavy atom. The van der Waals surface area contributed by atoms with E-state index in [1.807, 2.05) is 13.8 Å². The molecule has 0 saturated heterocycles. The van der Waals surface area contributed by atoms with Crippen LogP contribution in [-0.2, 0) is 0 Å². The lowest BCUT2D eigenvalue weighted by Crippen LogP contribution is -2.06. The Morgan fingerprint density at radius 3 is 2.45 bits per heavy atom.